The minimum Gasteiger partial charge on any atom is -0.352 e. The topological polar surface area (TPSA) is 86.8 Å². The zero-order valence-electron chi connectivity index (χ0n) is 21.5. The second-order valence-corrected chi connectivity index (χ2v) is 12.4. The van der Waals surface area contributed by atoms with E-state index in [1.54, 1.807) is 24.3 Å². The normalized spacial score (nSPS) is 15.5. The molecule has 0 radical (unpaired) electrons. The van der Waals surface area contributed by atoms with Gasteiger partial charge in [-0.15, -0.1) is 0 Å². The molecule has 39 heavy (non-hydrogen) atoms. The van der Waals surface area contributed by atoms with Crippen molar-refractivity contribution in [1.29, 1.82) is 0 Å². The molecule has 1 saturated carbocycles. The maximum atomic E-state index is 13.6. The van der Waals surface area contributed by atoms with Crippen molar-refractivity contribution in [3.63, 3.8) is 0 Å². The van der Waals surface area contributed by atoms with Gasteiger partial charge in [-0.05, 0) is 55.7 Å². The highest BCUT2D eigenvalue weighted by Gasteiger charge is 2.35. The molecule has 7 nitrogen and oxygen atoms in total. The van der Waals surface area contributed by atoms with Gasteiger partial charge in [0.25, 0.3) is 0 Å². The Bertz CT molecular complexity index is 1300. The van der Waals surface area contributed by atoms with Crippen LogP contribution in [-0.4, -0.2) is 50.0 Å². The van der Waals surface area contributed by atoms with Gasteiger partial charge in [-0.2, -0.15) is 13.2 Å². The van der Waals surface area contributed by atoms with Crippen molar-refractivity contribution in [1.82, 2.24) is 10.2 Å². The van der Waals surface area contributed by atoms with Crippen LogP contribution in [-0.2, 0) is 32.3 Å². The van der Waals surface area contributed by atoms with Gasteiger partial charge in [0.1, 0.15) is 12.6 Å². The van der Waals surface area contributed by atoms with Crippen LogP contribution in [0.2, 0.25) is 10.0 Å². The molecule has 0 aliphatic heterocycles. The van der Waals surface area contributed by atoms with E-state index in [0.29, 0.717) is 21.0 Å². The number of alkyl halides is 3. The predicted molar refractivity (Wildman–Crippen MR) is 145 cm³/mol. The smallest absolute Gasteiger partial charge is 0.352 e. The molecular weight excluding hydrogens is 578 g/mol. The van der Waals surface area contributed by atoms with Crippen LogP contribution in [0.1, 0.15) is 50.2 Å². The van der Waals surface area contributed by atoms with Crippen LogP contribution >= 0.6 is 23.2 Å². The Kier molecular flexibility index (Phi) is 10.2. The van der Waals surface area contributed by atoms with Crippen LogP contribution < -0.4 is 9.62 Å². The number of rotatable bonds is 9. The van der Waals surface area contributed by atoms with E-state index < -0.39 is 51.9 Å². The van der Waals surface area contributed by atoms with Crippen molar-refractivity contribution in [3.05, 3.63) is 63.6 Å². The van der Waals surface area contributed by atoms with Gasteiger partial charge < -0.3 is 10.2 Å². The summed E-state index contributed by atoms with van der Waals surface area (Å²) in [4.78, 5) is 28.0. The monoisotopic (exact) mass is 607 g/mol. The lowest BCUT2D eigenvalue weighted by atomic mass is 9.95. The number of carbonyl (C=O) groups excluding carboxylic acids is 2. The molecule has 3 rings (SSSR count). The van der Waals surface area contributed by atoms with Crippen LogP contribution in [0, 0.1) is 0 Å². The second kappa shape index (κ2) is 12.8. The zero-order valence-corrected chi connectivity index (χ0v) is 23.8. The first-order valence-electron chi connectivity index (χ1n) is 12.4. The Labute approximate surface area is 236 Å². The summed E-state index contributed by atoms with van der Waals surface area (Å²) in [5.74, 6) is -1.22. The number of anilines is 1. The number of benzene rings is 2. The Hall–Kier alpha value is -2.50. The van der Waals surface area contributed by atoms with Crippen molar-refractivity contribution >= 4 is 50.7 Å². The summed E-state index contributed by atoms with van der Waals surface area (Å²) < 4.78 is 66.0. The average Bonchev–Trinajstić information content (AvgIpc) is 2.85. The predicted octanol–water partition coefficient (Wildman–Crippen LogP) is 5.64. The summed E-state index contributed by atoms with van der Waals surface area (Å²) in [7, 11) is -4.27. The van der Waals surface area contributed by atoms with E-state index in [4.69, 9.17) is 23.2 Å². The van der Waals surface area contributed by atoms with Gasteiger partial charge >= 0.3 is 6.18 Å². The van der Waals surface area contributed by atoms with Crippen molar-refractivity contribution in [2.75, 3.05) is 17.1 Å². The Morgan fingerprint density at radius 2 is 1.74 bits per heavy atom. The number of hydrogen-bond acceptors (Lipinski definition) is 4. The van der Waals surface area contributed by atoms with Crippen LogP contribution in [0.5, 0.6) is 0 Å². The van der Waals surface area contributed by atoms with Crippen molar-refractivity contribution in [2.45, 2.75) is 63.8 Å². The summed E-state index contributed by atoms with van der Waals surface area (Å²) in [5.41, 5.74) is -1.04. The fourth-order valence-corrected chi connectivity index (χ4v) is 5.79. The molecule has 1 aliphatic rings. The van der Waals surface area contributed by atoms with Crippen molar-refractivity contribution in [2.24, 2.45) is 0 Å². The number of amides is 2. The first-order valence-corrected chi connectivity index (χ1v) is 15.0. The van der Waals surface area contributed by atoms with Crippen LogP contribution in [0.15, 0.2) is 42.5 Å². The molecule has 0 bridgehead atoms. The zero-order chi connectivity index (χ0) is 29.0. The Morgan fingerprint density at radius 3 is 2.33 bits per heavy atom. The summed E-state index contributed by atoms with van der Waals surface area (Å²) in [6.45, 7) is 0.552. The minimum atomic E-state index is -4.77. The number of halogens is 5. The lowest BCUT2D eigenvalue weighted by Crippen LogP contribution is -2.53. The van der Waals surface area contributed by atoms with Crippen molar-refractivity contribution < 1.29 is 31.2 Å². The van der Waals surface area contributed by atoms with E-state index >= 15 is 0 Å². The molecule has 1 aliphatic carbocycles. The number of sulfonamides is 1. The van der Waals surface area contributed by atoms with Crippen LogP contribution in [0.3, 0.4) is 0 Å². The van der Waals surface area contributed by atoms with Gasteiger partial charge in [0, 0.05) is 17.6 Å². The number of nitrogens with one attached hydrogen (secondary N) is 1. The summed E-state index contributed by atoms with van der Waals surface area (Å²) in [5, 5.41) is 3.07. The highest BCUT2D eigenvalue weighted by Crippen LogP contribution is 2.36. The maximum absolute atomic E-state index is 13.6. The van der Waals surface area contributed by atoms with E-state index in [1.165, 1.54) is 11.8 Å². The largest absolute Gasteiger partial charge is 0.416 e. The van der Waals surface area contributed by atoms with Crippen LogP contribution in [0.4, 0.5) is 18.9 Å². The standard InChI is InChI=1S/C26H30Cl2F3N3O4S/c1-17(25(36)32-21-9-4-3-5-10-21)33(15-18-7-6-8-20(27)13-18)24(35)16-34(39(2,37)38)23-14-19(26(29,30)31)11-12-22(23)28/h6-8,11-14,17,21H,3-5,9-10,15-16H2,1-2H3,(H,32,36)/t17-/m0/s1. The Morgan fingerprint density at radius 1 is 1.08 bits per heavy atom. The quantitative estimate of drug-likeness (QED) is 0.399. The molecule has 1 N–H and O–H groups in total. The van der Waals surface area contributed by atoms with Gasteiger partial charge in [-0.3, -0.25) is 13.9 Å². The maximum Gasteiger partial charge on any atom is 0.416 e. The first-order chi connectivity index (χ1) is 18.2. The fraction of sp³-hybridized carbons (Fsp3) is 0.462. The van der Waals surface area contributed by atoms with Gasteiger partial charge in [-0.1, -0.05) is 54.6 Å². The molecule has 1 fully saturated rings. The summed E-state index contributed by atoms with van der Waals surface area (Å²) in [6.07, 6.45) is 0.666. The van der Waals surface area contributed by atoms with E-state index in [1.807, 2.05) is 0 Å². The molecule has 0 heterocycles. The van der Waals surface area contributed by atoms with Gasteiger partial charge in [0.15, 0.2) is 0 Å². The molecule has 0 aromatic heterocycles. The molecule has 13 heteroatoms. The second-order valence-electron chi connectivity index (χ2n) is 9.60. The first kappa shape index (κ1) is 31.0. The molecule has 2 amide bonds. The van der Waals surface area contributed by atoms with E-state index in [0.717, 1.165) is 50.5 Å². The third-order valence-electron chi connectivity index (χ3n) is 6.58. The Balaban J connectivity index is 1.95. The lowest BCUT2D eigenvalue weighted by molar-refractivity contribution is -0.139. The van der Waals surface area contributed by atoms with Crippen molar-refractivity contribution in [3.8, 4) is 0 Å². The third kappa shape index (κ3) is 8.49. The van der Waals surface area contributed by atoms with E-state index in [-0.39, 0.29) is 17.6 Å². The van der Waals surface area contributed by atoms with Gasteiger partial charge in [0.05, 0.1) is 22.5 Å². The van der Waals surface area contributed by atoms with Gasteiger partial charge in [0.2, 0.25) is 21.8 Å². The molecule has 0 spiro atoms. The van der Waals surface area contributed by atoms with Crippen LogP contribution in [0.25, 0.3) is 0 Å². The van der Waals surface area contributed by atoms with E-state index in [2.05, 4.69) is 5.32 Å². The SMILES string of the molecule is C[C@@H](C(=O)NC1CCCCC1)N(Cc1cccc(Cl)c1)C(=O)CN(c1cc(C(F)(F)F)ccc1Cl)S(C)(=O)=O. The minimum absolute atomic E-state index is 0.0340. The number of carbonyl (C=O) groups is 2. The highest BCUT2D eigenvalue weighted by molar-refractivity contribution is 7.92. The number of nitrogens with zero attached hydrogens (tertiary/aromatic N) is 2. The highest BCUT2D eigenvalue weighted by atomic mass is 35.5. The molecular formula is C26H30Cl2F3N3O4S. The van der Waals surface area contributed by atoms with E-state index in [9.17, 15) is 31.2 Å². The fourth-order valence-electron chi connectivity index (χ4n) is 4.46. The number of hydrogen-bond donors (Lipinski definition) is 1. The van der Waals surface area contributed by atoms with Gasteiger partial charge in [-0.25, -0.2) is 8.42 Å². The molecule has 2 aromatic carbocycles. The molecule has 0 saturated heterocycles. The summed E-state index contributed by atoms with van der Waals surface area (Å²) in [6, 6.07) is 7.77. The lowest BCUT2D eigenvalue weighted by Gasteiger charge is -2.33. The molecule has 1 atom stereocenters. The third-order valence-corrected chi connectivity index (χ3v) is 8.26. The molecule has 214 valence electrons. The molecule has 2 aromatic rings. The average molecular weight is 609 g/mol. The molecule has 0 unspecified atom stereocenters. The summed E-state index contributed by atoms with van der Waals surface area (Å²) >= 11 is 12.2.